The molecule has 25 heavy (non-hydrogen) atoms. The van der Waals surface area contributed by atoms with Gasteiger partial charge in [0.25, 0.3) is 0 Å². The van der Waals surface area contributed by atoms with Gasteiger partial charge in [-0.2, -0.15) is 0 Å². The zero-order valence-corrected chi connectivity index (χ0v) is 15.3. The van der Waals surface area contributed by atoms with Crippen molar-refractivity contribution < 1.29 is 14.7 Å². The number of piperidine rings is 1. The lowest BCUT2D eigenvalue weighted by molar-refractivity contribution is -0.148. The molecule has 0 radical (unpaired) electrons. The molecular formula is C20H32N2O3. The Hall–Kier alpha value is -1.10. The average molecular weight is 348 g/mol. The molecule has 4 fully saturated rings. The van der Waals surface area contributed by atoms with Gasteiger partial charge in [-0.15, -0.1) is 0 Å². The van der Waals surface area contributed by atoms with Crippen LogP contribution in [0.5, 0.6) is 0 Å². The van der Waals surface area contributed by atoms with E-state index in [-0.39, 0.29) is 23.3 Å². The van der Waals surface area contributed by atoms with E-state index in [1.165, 1.54) is 25.7 Å². The van der Waals surface area contributed by atoms with Crippen LogP contribution in [0.3, 0.4) is 0 Å². The van der Waals surface area contributed by atoms with Crippen LogP contribution in [0.4, 0.5) is 0 Å². The number of carboxylic acids is 1. The van der Waals surface area contributed by atoms with Crippen molar-refractivity contribution in [2.24, 2.45) is 17.8 Å². The summed E-state index contributed by atoms with van der Waals surface area (Å²) in [7, 11) is 0. The van der Waals surface area contributed by atoms with Crippen LogP contribution >= 0.6 is 0 Å². The number of likely N-dealkylation sites (tertiary alicyclic amines) is 2. The molecule has 0 aromatic carbocycles. The molecule has 2 saturated heterocycles. The summed E-state index contributed by atoms with van der Waals surface area (Å²) in [5, 5.41) is 9.63. The second-order valence-electron chi connectivity index (χ2n) is 8.80. The Morgan fingerprint density at radius 2 is 1.52 bits per heavy atom. The highest BCUT2D eigenvalue weighted by molar-refractivity contribution is 5.87. The number of hydrogen-bond donors (Lipinski definition) is 1. The zero-order chi connectivity index (χ0) is 17.4. The molecule has 1 amide bonds. The van der Waals surface area contributed by atoms with E-state index in [2.05, 4.69) is 4.90 Å². The van der Waals surface area contributed by atoms with Gasteiger partial charge >= 0.3 is 5.97 Å². The van der Waals surface area contributed by atoms with Crippen LogP contribution in [0.1, 0.15) is 64.2 Å². The monoisotopic (exact) mass is 348 g/mol. The topological polar surface area (TPSA) is 60.9 Å². The molecule has 2 saturated carbocycles. The minimum atomic E-state index is -0.706. The van der Waals surface area contributed by atoms with Crippen LogP contribution in [0.2, 0.25) is 0 Å². The summed E-state index contributed by atoms with van der Waals surface area (Å²) >= 11 is 0. The fraction of sp³-hybridized carbons (Fsp3) is 0.900. The Labute approximate surface area is 150 Å². The SMILES string of the molecule is O=C(O)[C@@H]1CN(C(=O)C2(N3CCCCC3)CCCCC2)C[C@H]1C1CC1. The van der Waals surface area contributed by atoms with Gasteiger partial charge in [0.15, 0.2) is 0 Å². The highest BCUT2D eigenvalue weighted by atomic mass is 16.4. The van der Waals surface area contributed by atoms with Crippen LogP contribution in [0, 0.1) is 17.8 Å². The maximum Gasteiger partial charge on any atom is 0.308 e. The van der Waals surface area contributed by atoms with Gasteiger partial charge in [-0.3, -0.25) is 14.5 Å². The first kappa shape index (κ1) is 17.3. The molecule has 1 N–H and O–H groups in total. The van der Waals surface area contributed by atoms with Gasteiger partial charge in [0.05, 0.1) is 5.92 Å². The first-order valence-electron chi connectivity index (χ1n) is 10.4. The van der Waals surface area contributed by atoms with Gasteiger partial charge in [0, 0.05) is 13.1 Å². The van der Waals surface area contributed by atoms with E-state index in [4.69, 9.17) is 0 Å². The third-order valence-corrected chi connectivity index (χ3v) is 7.24. The summed E-state index contributed by atoms with van der Waals surface area (Å²) in [6, 6.07) is 0. The molecule has 4 aliphatic rings. The summed E-state index contributed by atoms with van der Waals surface area (Å²) in [6.45, 7) is 3.18. The molecule has 2 aliphatic heterocycles. The predicted octanol–water partition coefficient (Wildman–Crippen LogP) is 2.74. The first-order chi connectivity index (χ1) is 12.1. The van der Waals surface area contributed by atoms with Crippen molar-refractivity contribution in [2.45, 2.75) is 69.7 Å². The maximum absolute atomic E-state index is 13.7. The summed E-state index contributed by atoms with van der Waals surface area (Å²) in [5.41, 5.74) is -0.333. The molecule has 0 spiro atoms. The number of hydrogen-bond acceptors (Lipinski definition) is 3. The summed E-state index contributed by atoms with van der Waals surface area (Å²) in [5.74, 6) is -0.0792. The molecular weight excluding hydrogens is 316 g/mol. The molecule has 5 heteroatoms. The van der Waals surface area contributed by atoms with E-state index in [9.17, 15) is 14.7 Å². The molecule has 4 rings (SSSR count). The van der Waals surface area contributed by atoms with E-state index in [0.717, 1.165) is 51.6 Å². The third kappa shape index (κ3) is 3.20. The summed E-state index contributed by atoms with van der Waals surface area (Å²) < 4.78 is 0. The van der Waals surface area contributed by atoms with Crippen LogP contribution in [-0.4, -0.2) is 58.5 Å². The highest BCUT2D eigenvalue weighted by Gasteiger charge is 2.52. The number of carbonyl (C=O) groups excluding carboxylic acids is 1. The molecule has 5 nitrogen and oxygen atoms in total. The fourth-order valence-corrected chi connectivity index (χ4v) is 5.68. The zero-order valence-electron chi connectivity index (χ0n) is 15.3. The van der Waals surface area contributed by atoms with Gasteiger partial charge in [0.2, 0.25) is 5.91 Å². The van der Waals surface area contributed by atoms with Crippen LogP contribution in [0.25, 0.3) is 0 Å². The molecule has 2 aliphatic carbocycles. The van der Waals surface area contributed by atoms with Gasteiger partial charge in [-0.1, -0.05) is 25.7 Å². The molecule has 140 valence electrons. The standard InChI is InChI=1S/C20H32N2O3/c23-18(24)17-14-21(13-16(17)15-7-8-15)19(25)20(9-3-1-4-10-20)22-11-5-2-6-12-22/h15-17H,1-14H2,(H,23,24)/t16-,17+/m0/s1. The number of carboxylic acid groups (broad SMARTS) is 1. The van der Waals surface area contributed by atoms with Crippen molar-refractivity contribution >= 4 is 11.9 Å². The van der Waals surface area contributed by atoms with Crippen LogP contribution in [0.15, 0.2) is 0 Å². The van der Waals surface area contributed by atoms with E-state index in [1.807, 2.05) is 4.90 Å². The molecule has 0 bridgehead atoms. The Morgan fingerprint density at radius 1 is 0.880 bits per heavy atom. The number of carbonyl (C=O) groups is 2. The normalized spacial score (nSPS) is 33.4. The van der Waals surface area contributed by atoms with Gasteiger partial charge < -0.3 is 10.0 Å². The molecule has 2 heterocycles. The lowest BCUT2D eigenvalue weighted by atomic mass is 9.78. The lowest BCUT2D eigenvalue weighted by Gasteiger charge is -2.48. The summed E-state index contributed by atoms with van der Waals surface area (Å²) in [6.07, 6.45) is 11.4. The molecule has 0 unspecified atom stereocenters. The Balaban J connectivity index is 1.55. The van der Waals surface area contributed by atoms with E-state index in [0.29, 0.717) is 19.0 Å². The number of aliphatic carboxylic acids is 1. The van der Waals surface area contributed by atoms with Crippen molar-refractivity contribution in [3.63, 3.8) is 0 Å². The van der Waals surface area contributed by atoms with E-state index < -0.39 is 5.97 Å². The molecule has 0 aromatic heterocycles. The first-order valence-corrected chi connectivity index (χ1v) is 10.4. The van der Waals surface area contributed by atoms with E-state index in [1.54, 1.807) is 0 Å². The van der Waals surface area contributed by atoms with Gasteiger partial charge in [-0.05, 0) is 63.5 Å². The number of rotatable bonds is 4. The smallest absolute Gasteiger partial charge is 0.308 e. The average Bonchev–Trinajstić information content (AvgIpc) is 3.40. The fourth-order valence-electron chi connectivity index (χ4n) is 5.68. The second kappa shape index (κ2) is 6.90. The number of nitrogens with zero attached hydrogens (tertiary/aromatic N) is 2. The Bertz CT molecular complexity index is 519. The quantitative estimate of drug-likeness (QED) is 0.849. The lowest BCUT2D eigenvalue weighted by Crippen LogP contribution is -2.61. The van der Waals surface area contributed by atoms with Crippen molar-refractivity contribution in [3.05, 3.63) is 0 Å². The maximum atomic E-state index is 13.7. The highest BCUT2D eigenvalue weighted by Crippen LogP contribution is 2.45. The van der Waals surface area contributed by atoms with Crippen molar-refractivity contribution in [1.82, 2.24) is 9.80 Å². The van der Waals surface area contributed by atoms with Crippen molar-refractivity contribution in [2.75, 3.05) is 26.2 Å². The minimum Gasteiger partial charge on any atom is -0.481 e. The molecule has 0 aromatic rings. The van der Waals surface area contributed by atoms with Gasteiger partial charge in [0.1, 0.15) is 5.54 Å². The predicted molar refractivity (Wildman–Crippen MR) is 95.2 cm³/mol. The molecule has 2 atom stereocenters. The van der Waals surface area contributed by atoms with Crippen LogP contribution in [-0.2, 0) is 9.59 Å². The van der Waals surface area contributed by atoms with Crippen LogP contribution < -0.4 is 0 Å². The summed E-state index contributed by atoms with van der Waals surface area (Å²) in [4.78, 5) is 29.8. The second-order valence-corrected chi connectivity index (χ2v) is 8.80. The minimum absolute atomic E-state index is 0.184. The number of amides is 1. The van der Waals surface area contributed by atoms with Crippen molar-refractivity contribution in [3.8, 4) is 0 Å². The van der Waals surface area contributed by atoms with E-state index >= 15 is 0 Å². The van der Waals surface area contributed by atoms with Gasteiger partial charge in [-0.25, -0.2) is 0 Å². The Kier molecular flexibility index (Phi) is 4.78. The largest absolute Gasteiger partial charge is 0.481 e. The third-order valence-electron chi connectivity index (χ3n) is 7.24. The Morgan fingerprint density at radius 3 is 2.12 bits per heavy atom. The van der Waals surface area contributed by atoms with Crippen molar-refractivity contribution in [1.29, 1.82) is 0 Å².